The first-order valence-corrected chi connectivity index (χ1v) is 6.39. The number of rotatable bonds is 5. The van der Waals surface area contributed by atoms with E-state index in [1.807, 2.05) is 31.1 Å². The lowest BCUT2D eigenvalue weighted by atomic mass is 10.1. The summed E-state index contributed by atoms with van der Waals surface area (Å²) in [5.74, 6) is 0.866. The quantitative estimate of drug-likeness (QED) is 0.905. The number of benzene rings is 1. The number of nitrogens with zero attached hydrogens (tertiary/aromatic N) is 4. The maximum atomic E-state index is 10.2. The van der Waals surface area contributed by atoms with Gasteiger partial charge in [-0.1, -0.05) is 23.7 Å². The van der Waals surface area contributed by atoms with Crippen molar-refractivity contribution in [2.45, 2.75) is 12.6 Å². The minimum absolute atomic E-state index is 0.522. The first kappa shape index (κ1) is 14.0. The minimum atomic E-state index is -0.546. The van der Waals surface area contributed by atoms with Crippen molar-refractivity contribution < 1.29 is 5.11 Å². The van der Waals surface area contributed by atoms with Crippen LogP contribution < -0.4 is 0 Å². The van der Waals surface area contributed by atoms with Gasteiger partial charge in [-0.3, -0.25) is 9.58 Å². The molecule has 0 bridgehead atoms. The molecule has 0 radical (unpaired) electrons. The monoisotopic (exact) mass is 280 g/mol. The Hall–Kier alpha value is -1.43. The van der Waals surface area contributed by atoms with Crippen LogP contribution in [0.2, 0.25) is 5.02 Å². The summed E-state index contributed by atoms with van der Waals surface area (Å²) in [7, 11) is 3.79. The maximum Gasteiger partial charge on any atom is 0.140 e. The molecule has 1 atom stereocenters. The van der Waals surface area contributed by atoms with Gasteiger partial charge < -0.3 is 5.11 Å². The molecule has 0 amide bonds. The second-order valence-electron chi connectivity index (χ2n) is 4.56. The van der Waals surface area contributed by atoms with Crippen molar-refractivity contribution in [3.05, 3.63) is 47.0 Å². The van der Waals surface area contributed by atoms with Crippen LogP contribution in [-0.4, -0.2) is 38.4 Å². The van der Waals surface area contributed by atoms with Crippen LogP contribution in [0.5, 0.6) is 0 Å². The Labute approximate surface area is 117 Å². The lowest BCUT2D eigenvalue weighted by Crippen LogP contribution is -2.25. The van der Waals surface area contributed by atoms with Crippen LogP contribution in [0, 0.1) is 0 Å². The molecule has 2 rings (SSSR count). The van der Waals surface area contributed by atoms with Crippen molar-refractivity contribution in [2.75, 3.05) is 13.6 Å². The molecule has 1 unspecified atom stereocenters. The molecule has 0 fully saturated rings. The highest BCUT2D eigenvalue weighted by Crippen LogP contribution is 2.17. The summed E-state index contributed by atoms with van der Waals surface area (Å²) in [4.78, 5) is 6.16. The van der Waals surface area contributed by atoms with Crippen LogP contribution in [0.3, 0.4) is 0 Å². The number of hydrogen-bond acceptors (Lipinski definition) is 4. The Morgan fingerprint density at radius 2 is 2.05 bits per heavy atom. The second-order valence-corrected chi connectivity index (χ2v) is 5.00. The highest BCUT2D eigenvalue weighted by molar-refractivity contribution is 6.30. The third-order valence-electron chi connectivity index (χ3n) is 2.96. The van der Waals surface area contributed by atoms with E-state index >= 15 is 0 Å². The molecule has 0 aliphatic heterocycles. The van der Waals surface area contributed by atoms with Gasteiger partial charge in [0.25, 0.3) is 0 Å². The highest BCUT2D eigenvalue weighted by Gasteiger charge is 2.12. The molecule has 1 aromatic heterocycles. The Balaban J connectivity index is 1.93. The summed E-state index contributed by atoms with van der Waals surface area (Å²) in [6.45, 7) is 1.16. The van der Waals surface area contributed by atoms with Gasteiger partial charge in [-0.2, -0.15) is 5.10 Å². The van der Waals surface area contributed by atoms with Gasteiger partial charge in [0.05, 0.1) is 12.6 Å². The van der Waals surface area contributed by atoms with Gasteiger partial charge in [0.2, 0.25) is 0 Å². The predicted octanol–water partition coefficient (Wildman–Crippen LogP) is 1.63. The topological polar surface area (TPSA) is 54.2 Å². The fraction of sp³-hybridized carbons (Fsp3) is 0.385. The average molecular weight is 281 g/mol. The molecular weight excluding hydrogens is 264 g/mol. The molecule has 1 aromatic carbocycles. The fourth-order valence-corrected chi connectivity index (χ4v) is 1.98. The zero-order valence-corrected chi connectivity index (χ0v) is 11.7. The van der Waals surface area contributed by atoms with Gasteiger partial charge in [0.1, 0.15) is 12.2 Å². The predicted molar refractivity (Wildman–Crippen MR) is 73.7 cm³/mol. The van der Waals surface area contributed by atoms with Crippen molar-refractivity contribution in [2.24, 2.45) is 7.05 Å². The Bertz CT molecular complexity index is 526. The molecule has 5 nitrogen and oxygen atoms in total. The average Bonchev–Trinajstić information content (AvgIpc) is 2.75. The molecule has 0 saturated heterocycles. The summed E-state index contributed by atoms with van der Waals surface area (Å²) in [5.41, 5.74) is 0.856. The van der Waals surface area contributed by atoms with Crippen LogP contribution in [0.25, 0.3) is 0 Å². The molecule has 2 aromatic rings. The van der Waals surface area contributed by atoms with Crippen molar-refractivity contribution >= 4 is 11.6 Å². The zero-order chi connectivity index (χ0) is 13.8. The Morgan fingerprint density at radius 3 is 2.63 bits per heavy atom. The Kier molecular flexibility index (Phi) is 4.52. The third-order valence-corrected chi connectivity index (χ3v) is 3.21. The number of halogens is 1. The lowest BCUT2D eigenvalue weighted by molar-refractivity contribution is 0.122. The molecule has 102 valence electrons. The molecule has 19 heavy (non-hydrogen) atoms. The van der Waals surface area contributed by atoms with Gasteiger partial charge in [0.15, 0.2) is 0 Å². The van der Waals surface area contributed by atoms with Gasteiger partial charge in [0, 0.05) is 18.6 Å². The first-order chi connectivity index (χ1) is 9.06. The smallest absolute Gasteiger partial charge is 0.140 e. The van der Waals surface area contributed by atoms with Gasteiger partial charge in [-0.05, 0) is 24.7 Å². The highest BCUT2D eigenvalue weighted by atomic mass is 35.5. The summed E-state index contributed by atoms with van der Waals surface area (Å²) in [5, 5.41) is 14.8. The summed E-state index contributed by atoms with van der Waals surface area (Å²) in [6, 6.07) is 7.23. The van der Waals surface area contributed by atoms with Gasteiger partial charge in [-0.15, -0.1) is 0 Å². The minimum Gasteiger partial charge on any atom is -0.387 e. The van der Waals surface area contributed by atoms with Crippen LogP contribution in [0.4, 0.5) is 0 Å². The third kappa shape index (κ3) is 3.76. The fourth-order valence-electron chi connectivity index (χ4n) is 1.85. The summed E-state index contributed by atoms with van der Waals surface area (Å²) < 4.78 is 1.73. The molecule has 1 N–H and O–H groups in total. The molecule has 0 spiro atoms. The molecule has 0 aliphatic rings. The van der Waals surface area contributed by atoms with E-state index in [9.17, 15) is 5.11 Å². The van der Waals surface area contributed by atoms with Gasteiger partial charge in [-0.25, -0.2) is 4.98 Å². The van der Waals surface area contributed by atoms with Crippen molar-refractivity contribution in [3.63, 3.8) is 0 Å². The van der Waals surface area contributed by atoms with Crippen LogP contribution in [-0.2, 0) is 13.6 Å². The number of aromatic nitrogens is 3. The standard InChI is InChI=1S/C13H17ClN4O/c1-17(8-13-15-9-16-18(13)2)7-12(19)10-3-5-11(14)6-4-10/h3-6,9,12,19H,7-8H2,1-2H3. The number of aryl methyl sites for hydroxylation is 1. The normalized spacial score (nSPS) is 12.9. The van der Waals surface area contributed by atoms with E-state index in [4.69, 9.17) is 11.6 Å². The van der Waals surface area contributed by atoms with Gasteiger partial charge >= 0.3 is 0 Å². The zero-order valence-electron chi connectivity index (χ0n) is 11.0. The number of aliphatic hydroxyl groups excluding tert-OH is 1. The van der Waals surface area contributed by atoms with Crippen molar-refractivity contribution in [3.8, 4) is 0 Å². The molecule has 6 heteroatoms. The van der Waals surface area contributed by atoms with E-state index in [0.29, 0.717) is 18.1 Å². The summed E-state index contributed by atoms with van der Waals surface area (Å²) >= 11 is 5.82. The van der Waals surface area contributed by atoms with Crippen molar-refractivity contribution in [1.29, 1.82) is 0 Å². The number of likely N-dealkylation sites (N-methyl/N-ethyl adjacent to an activating group) is 1. The van der Waals surface area contributed by atoms with Crippen LogP contribution >= 0.6 is 11.6 Å². The first-order valence-electron chi connectivity index (χ1n) is 6.01. The van der Waals surface area contributed by atoms with E-state index in [-0.39, 0.29) is 0 Å². The van der Waals surface area contributed by atoms with E-state index in [1.54, 1.807) is 16.8 Å². The molecule has 0 aliphatic carbocycles. The molecule has 0 saturated carbocycles. The van der Waals surface area contributed by atoms with E-state index in [1.165, 1.54) is 6.33 Å². The van der Waals surface area contributed by atoms with E-state index < -0.39 is 6.10 Å². The van der Waals surface area contributed by atoms with E-state index in [0.717, 1.165) is 11.4 Å². The van der Waals surface area contributed by atoms with Crippen molar-refractivity contribution in [1.82, 2.24) is 19.7 Å². The largest absolute Gasteiger partial charge is 0.387 e. The number of aliphatic hydroxyl groups is 1. The summed E-state index contributed by atoms with van der Waals surface area (Å²) in [6.07, 6.45) is 0.981. The maximum absolute atomic E-state index is 10.2. The van der Waals surface area contributed by atoms with Crippen LogP contribution in [0.15, 0.2) is 30.6 Å². The number of hydrogen-bond donors (Lipinski definition) is 1. The second kappa shape index (κ2) is 6.14. The van der Waals surface area contributed by atoms with Crippen LogP contribution in [0.1, 0.15) is 17.5 Å². The molecule has 1 heterocycles. The lowest BCUT2D eigenvalue weighted by Gasteiger charge is -2.20. The Morgan fingerprint density at radius 1 is 1.37 bits per heavy atom. The van der Waals surface area contributed by atoms with E-state index in [2.05, 4.69) is 10.1 Å². The molecular formula is C13H17ClN4O. The SMILES string of the molecule is CN(Cc1ncnn1C)CC(O)c1ccc(Cl)cc1.